The lowest BCUT2D eigenvalue weighted by Crippen LogP contribution is -2.43. The van der Waals surface area contributed by atoms with Crippen LogP contribution in [0, 0.1) is 0 Å². The number of alkyl carbamates (subject to hydrolysis) is 1. The Morgan fingerprint density at radius 1 is 0.966 bits per heavy atom. The van der Waals surface area contributed by atoms with Gasteiger partial charge < -0.3 is 15.2 Å². The molecule has 1 aromatic heterocycles. The first-order valence-corrected chi connectivity index (χ1v) is 9.37. The van der Waals surface area contributed by atoms with E-state index >= 15 is 0 Å². The number of carboxylic acids is 1. The SMILES string of the molecule is O=C(N[C@@H](Cc1ccccn1)C(=O)O)OCC1c2ccccc2-c2ccccc21. The average molecular weight is 388 g/mol. The molecule has 0 saturated heterocycles. The van der Waals surface area contributed by atoms with E-state index in [1.54, 1.807) is 24.4 Å². The molecule has 1 atom stereocenters. The highest BCUT2D eigenvalue weighted by Crippen LogP contribution is 2.44. The van der Waals surface area contributed by atoms with Crippen molar-refractivity contribution >= 4 is 12.1 Å². The molecule has 146 valence electrons. The van der Waals surface area contributed by atoms with Crippen LogP contribution in [-0.4, -0.2) is 34.8 Å². The zero-order chi connectivity index (χ0) is 20.2. The lowest BCUT2D eigenvalue weighted by molar-refractivity contribution is -0.139. The number of hydrogen-bond donors (Lipinski definition) is 2. The van der Waals surface area contributed by atoms with Crippen molar-refractivity contribution in [3.63, 3.8) is 0 Å². The number of ether oxygens (including phenoxy) is 1. The summed E-state index contributed by atoms with van der Waals surface area (Å²) < 4.78 is 5.42. The van der Waals surface area contributed by atoms with Crippen molar-refractivity contribution in [1.29, 1.82) is 0 Å². The van der Waals surface area contributed by atoms with Gasteiger partial charge in [0.25, 0.3) is 0 Å². The molecule has 29 heavy (non-hydrogen) atoms. The Morgan fingerprint density at radius 3 is 2.17 bits per heavy atom. The summed E-state index contributed by atoms with van der Waals surface area (Å²) in [6, 6.07) is 20.2. The third-order valence-electron chi connectivity index (χ3n) is 5.07. The zero-order valence-corrected chi connectivity index (χ0v) is 15.6. The van der Waals surface area contributed by atoms with Crippen LogP contribution in [0.15, 0.2) is 72.9 Å². The Bertz CT molecular complexity index is 990. The molecule has 0 radical (unpaired) electrons. The standard InChI is InChI=1S/C23H20N2O4/c26-22(27)21(13-15-7-5-6-12-24-15)25-23(28)29-14-20-18-10-3-1-8-16(18)17-9-2-4-11-19(17)20/h1-12,20-21H,13-14H2,(H,25,28)(H,26,27)/t21-/m0/s1. The molecule has 3 aromatic rings. The molecule has 4 rings (SSSR count). The van der Waals surface area contributed by atoms with Gasteiger partial charge >= 0.3 is 12.1 Å². The maximum Gasteiger partial charge on any atom is 0.407 e. The molecule has 0 saturated carbocycles. The van der Waals surface area contributed by atoms with Gasteiger partial charge in [0.15, 0.2) is 0 Å². The summed E-state index contributed by atoms with van der Waals surface area (Å²) in [7, 11) is 0. The van der Waals surface area contributed by atoms with Gasteiger partial charge in [0.2, 0.25) is 0 Å². The van der Waals surface area contributed by atoms with Crippen LogP contribution in [0.2, 0.25) is 0 Å². The molecule has 0 aliphatic heterocycles. The van der Waals surface area contributed by atoms with Gasteiger partial charge in [0, 0.05) is 24.2 Å². The number of pyridine rings is 1. The van der Waals surface area contributed by atoms with E-state index in [9.17, 15) is 14.7 Å². The van der Waals surface area contributed by atoms with Crippen LogP contribution in [0.3, 0.4) is 0 Å². The van der Waals surface area contributed by atoms with Crippen LogP contribution in [0.5, 0.6) is 0 Å². The molecule has 0 bridgehead atoms. The molecule has 0 spiro atoms. The number of aliphatic carboxylic acids is 1. The van der Waals surface area contributed by atoms with Gasteiger partial charge in [-0.2, -0.15) is 0 Å². The number of carboxylic acid groups (broad SMARTS) is 1. The molecule has 6 heteroatoms. The molecule has 2 aromatic carbocycles. The molecule has 0 fully saturated rings. The average Bonchev–Trinajstić information content (AvgIpc) is 3.06. The number of nitrogens with one attached hydrogen (secondary N) is 1. The van der Waals surface area contributed by atoms with E-state index in [1.165, 1.54) is 0 Å². The number of carbonyl (C=O) groups excluding carboxylic acids is 1. The molecular formula is C23H20N2O4. The van der Waals surface area contributed by atoms with Crippen molar-refractivity contribution < 1.29 is 19.4 Å². The van der Waals surface area contributed by atoms with Crippen molar-refractivity contribution in [3.8, 4) is 11.1 Å². The number of aromatic nitrogens is 1. The van der Waals surface area contributed by atoms with Crippen molar-refractivity contribution in [1.82, 2.24) is 10.3 Å². The highest BCUT2D eigenvalue weighted by molar-refractivity contribution is 5.81. The molecule has 1 aliphatic carbocycles. The van der Waals surface area contributed by atoms with Crippen LogP contribution in [0.25, 0.3) is 11.1 Å². The summed E-state index contributed by atoms with van der Waals surface area (Å²) in [6.07, 6.45) is 0.914. The molecule has 0 unspecified atom stereocenters. The van der Waals surface area contributed by atoms with Crippen LogP contribution in [0.1, 0.15) is 22.7 Å². The Morgan fingerprint density at radius 2 is 1.59 bits per heavy atom. The topological polar surface area (TPSA) is 88.5 Å². The van der Waals surface area contributed by atoms with Crippen LogP contribution >= 0.6 is 0 Å². The Balaban J connectivity index is 1.43. The van der Waals surface area contributed by atoms with Crippen molar-refractivity contribution in [2.24, 2.45) is 0 Å². The van der Waals surface area contributed by atoms with Gasteiger partial charge in [-0.05, 0) is 34.4 Å². The molecule has 1 amide bonds. The predicted molar refractivity (Wildman–Crippen MR) is 108 cm³/mol. The van der Waals surface area contributed by atoms with Gasteiger partial charge in [-0.25, -0.2) is 9.59 Å². The molecular weight excluding hydrogens is 368 g/mol. The number of benzene rings is 2. The van der Waals surface area contributed by atoms with Crippen molar-refractivity contribution in [2.45, 2.75) is 18.4 Å². The van der Waals surface area contributed by atoms with Gasteiger partial charge in [-0.1, -0.05) is 54.6 Å². The fourth-order valence-electron chi connectivity index (χ4n) is 3.71. The second kappa shape index (κ2) is 8.14. The van der Waals surface area contributed by atoms with Gasteiger partial charge in [0.05, 0.1) is 0 Å². The van der Waals surface area contributed by atoms with Crippen molar-refractivity contribution in [2.75, 3.05) is 6.61 Å². The number of hydrogen-bond acceptors (Lipinski definition) is 4. The minimum absolute atomic E-state index is 0.0766. The number of fused-ring (bicyclic) bond motifs is 3. The summed E-state index contributed by atoms with van der Waals surface area (Å²) in [4.78, 5) is 28.0. The minimum Gasteiger partial charge on any atom is -0.480 e. The maximum atomic E-state index is 12.3. The number of rotatable bonds is 6. The smallest absolute Gasteiger partial charge is 0.407 e. The van der Waals surface area contributed by atoms with Crippen LogP contribution < -0.4 is 5.32 Å². The summed E-state index contributed by atoms with van der Waals surface area (Å²) in [6.45, 7) is 0.135. The summed E-state index contributed by atoms with van der Waals surface area (Å²) in [5.41, 5.74) is 5.06. The van der Waals surface area contributed by atoms with E-state index in [0.29, 0.717) is 5.69 Å². The van der Waals surface area contributed by atoms with E-state index in [2.05, 4.69) is 22.4 Å². The van der Waals surface area contributed by atoms with Gasteiger partial charge in [-0.3, -0.25) is 4.98 Å². The van der Waals surface area contributed by atoms with E-state index in [1.807, 2.05) is 36.4 Å². The largest absolute Gasteiger partial charge is 0.480 e. The predicted octanol–water partition coefficient (Wildman–Crippen LogP) is 3.62. The summed E-state index contributed by atoms with van der Waals surface area (Å²) in [5, 5.41) is 11.9. The monoisotopic (exact) mass is 388 g/mol. The Hall–Kier alpha value is -3.67. The fraction of sp³-hybridized carbons (Fsp3) is 0.174. The van der Waals surface area contributed by atoms with E-state index < -0.39 is 18.1 Å². The van der Waals surface area contributed by atoms with E-state index in [4.69, 9.17) is 4.74 Å². The number of carbonyl (C=O) groups is 2. The Labute approximate surface area is 168 Å². The first-order valence-electron chi connectivity index (χ1n) is 9.37. The first kappa shape index (κ1) is 18.7. The summed E-state index contributed by atoms with van der Waals surface area (Å²) in [5.74, 6) is -1.21. The molecule has 6 nitrogen and oxygen atoms in total. The van der Waals surface area contributed by atoms with Crippen LogP contribution in [-0.2, 0) is 16.0 Å². The third kappa shape index (κ3) is 3.96. The third-order valence-corrected chi connectivity index (χ3v) is 5.07. The number of nitrogens with zero attached hydrogens (tertiary/aromatic N) is 1. The second-order valence-electron chi connectivity index (χ2n) is 6.89. The van der Waals surface area contributed by atoms with Gasteiger partial charge in [0.1, 0.15) is 12.6 Å². The van der Waals surface area contributed by atoms with Crippen molar-refractivity contribution in [3.05, 3.63) is 89.7 Å². The van der Waals surface area contributed by atoms with Gasteiger partial charge in [-0.15, -0.1) is 0 Å². The second-order valence-corrected chi connectivity index (χ2v) is 6.89. The fourth-order valence-corrected chi connectivity index (χ4v) is 3.71. The molecule has 1 aliphatic rings. The highest BCUT2D eigenvalue weighted by atomic mass is 16.5. The zero-order valence-electron chi connectivity index (χ0n) is 15.6. The first-order chi connectivity index (χ1) is 14.1. The lowest BCUT2D eigenvalue weighted by atomic mass is 9.98. The normalized spacial score (nSPS) is 13.2. The van der Waals surface area contributed by atoms with Crippen LogP contribution in [0.4, 0.5) is 4.79 Å². The van der Waals surface area contributed by atoms with E-state index in [-0.39, 0.29) is 18.9 Å². The highest BCUT2D eigenvalue weighted by Gasteiger charge is 2.29. The number of amides is 1. The van der Waals surface area contributed by atoms with E-state index in [0.717, 1.165) is 22.3 Å². The minimum atomic E-state index is -1.14. The quantitative estimate of drug-likeness (QED) is 0.673. The molecule has 1 heterocycles. The molecule has 2 N–H and O–H groups in total. The summed E-state index contributed by atoms with van der Waals surface area (Å²) >= 11 is 0. The maximum absolute atomic E-state index is 12.3. The lowest BCUT2D eigenvalue weighted by Gasteiger charge is -2.17. The Kier molecular flexibility index (Phi) is 5.24.